The predicted octanol–water partition coefficient (Wildman–Crippen LogP) is 5.00. The first kappa shape index (κ1) is 12.8. The molecule has 1 saturated carbocycles. The van der Waals surface area contributed by atoms with E-state index < -0.39 is 0 Å². The highest BCUT2D eigenvalue weighted by Crippen LogP contribution is 2.32. The zero-order valence-corrected chi connectivity index (χ0v) is 11.5. The normalized spacial score (nSPS) is 24.6. The summed E-state index contributed by atoms with van der Waals surface area (Å²) in [5, 5.41) is 0.730. The molecule has 0 radical (unpaired) electrons. The van der Waals surface area contributed by atoms with E-state index >= 15 is 0 Å². The summed E-state index contributed by atoms with van der Waals surface area (Å²) in [5.74, 6) is 1.76. The lowest BCUT2D eigenvalue weighted by atomic mass is 9.86. The third-order valence-corrected chi connectivity index (χ3v) is 4.06. The van der Waals surface area contributed by atoms with Gasteiger partial charge in [-0.2, -0.15) is 0 Å². The van der Waals surface area contributed by atoms with Gasteiger partial charge in [0.2, 0.25) is 0 Å². The van der Waals surface area contributed by atoms with Crippen molar-refractivity contribution in [2.24, 2.45) is 5.92 Å². The second-order valence-electron chi connectivity index (χ2n) is 5.10. The highest BCUT2D eigenvalue weighted by atomic mass is 35.5. The summed E-state index contributed by atoms with van der Waals surface area (Å²) in [7, 11) is 0. The van der Waals surface area contributed by atoms with Crippen LogP contribution in [0.15, 0.2) is 18.2 Å². The molecule has 2 rings (SSSR count). The van der Waals surface area contributed by atoms with E-state index in [9.17, 15) is 0 Å². The third-order valence-electron chi connectivity index (χ3n) is 3.75. The Labute approximate surface area is 109 Å². The molecule has 1 aliphatic rings. The van der Waals surface area contributed by atoms with Gasteiger partial charge in [0.1, 0.15) is 5.75 Å². The van der Waals surface area contributed by atoms with Crippen molar-refractivity contribution >= 4 is 11.6 Å². The van der Waals surface area contributed by atoms with Crippen LogP contribution in [0.2, 0.25) is 5.02 Å². The van der Waals surface area contributed by atoms with Gasteiger partial charge in [-0.15, -0.1) is 0 Å². The van der Waals surface area contributed by atoms with Gasteiger partial charge in [-0.3, -0.25) is 0 Å². The molecule has 0 unspecified atom stereocenters. The molecule has 94 valence electrons. The molecule has 0 amide bonds. The van der Waals surface area contributed by atoms with Crippen LogP contribution in [0.3, 0.4) is 0 Å². The van der Waals surface area contributed by atoms with Crippen molar-refractivity contribution in [1.29, 1.82) is 0 Å². The fraction of sp³-hybridized carbons (Fsp3) is 0.600. The molecule has 0 saturated heterocycles. The minimum absolute atomic E-state index is 0.358. The van der Waals surface area contributed by atoms with E-state index in [2.05, 4.69) is 13.8 Å². The topological polar surface area (TPSA) is 9.23 Å². The molecule has 1 aromatic carbocycles. The Morgan fingerprint density at radius 1 is 1.24 bits per heavy atom. The Balaban J connectivity index is 1.95. The molecule has 0 heterocycles. The fourth-order valence-electron chi connectivity index (χ4n) is 2.54. The largest absolute Gasteiger partial charge is 0.489 e. The van der Waals surface area contributed by atoms with E-state index in [0.717, 1.165) is 16.7 Å². The van der Waals surface area contributed by atoms with Crippen molar-refractivity contribution in [1.82, 2.24) is 0 Å². The van der Waals surface area contributed by atoms with Crippen molar-refractivity contribution in [2.75, 3.05) is 0 Å². The maximum Gasteiger partial charge on any atom is 0.138 e. The zero-order valence-electron chi connectivity index (χ0n) is 10.7. The number of hydrogen-bond donors (Lipinski definition) is 0. The van der Waals surface area contributed by atoms with E-state index in [1.807, 2.05) is 18.2 Å². The molecule has 17 heavy (non-hydrogen) atoms. The zero-order chi connectivity index (χ0) is 12.3. The van der Waals surface area contributed by atoms with Gasteiger partial charge in [-0.25, -0.2) is 0 Å². The number of rotatable bonds is 3. The van der Waals surface area contributed by atoms with Crippen LogP contribution in [0.1, 0.15) is 44.6 Å². The molecule has 1 aromatic rings. The van der Waals surface area contributed by atoms with Crippen molar-refractivity contribution in [3.05, 3.63) is 28.8 Å². The van der Waals surface area contributed by atoms with Gasteiger partial charge in [-0.1, -0.05) is 31.0 Å². The number of hydrogen-bond acceptors (Lipinski definition) is 1. The van der Waals surface area contributed by atoms with Crippen LogP contribution >= 0.6 is 11.6 Å². The Hall–Kier alpha value is -0.690. The molecule has 1 aliphatic carbocycles. The van der Waals surface area contributed by atoms with Crippen LogP contribution in [-0.4, -0.2) is 6.10 Å². The van der Waals surface area contributed by atoms with Crippen LogP contribution in [0, 0.1) is 12.8 Å². The monoisotopic (exact) mass is 252 g/mol. The van der Waals surface area contributed by atoms with Gasteiger partial charge in [-0.05, 0) is 56.2 Å². The summed E-state index contributed by atoms with van der Waals surface area (Å²) in [5.41, 5.74) is 1.20. The van der Waals surface area contributed by atoms with Crippen molar-refractivity contribution < 1.29 is 4.74 Å². The lowest BCUT2D eigenvalue weighted by molar-refractivity contribution is 0.130. The standard InChI is InChI=1S/C15H21ClO/c1-3-12-5-7-13(8-6-12)17-15-10-11(2)4-9-14(15)16/h4,9-10,12-13H,3,5-8H2,1-2H3. The summed E-state index contributed by atoms with van der Waals surface area (Å²) in [6.07, 6.45) is 6.59. The van der Waals surface area contributed by atoms with Gasteiger partial charge in [0.05, 0.1) is 11.1 Å². The second-order valence-corrected chi connectivity index (χ2v) is 5.51. The van der Waals surface area contributed by atoms with Crippen LogP contribution in [0.25, 0.3) is 0 Å². The number of halogens is 1. The molecule has 0 bridgehead atoms. The average molecular weight is 253 g/mol. The minimum atomic E-state index is 0.358. The Kier molecular flexibility index (Phi) is 4.33. The quantitative estimate of drug-likeness (QED) is 0.736. The van der Waals surface area contributed by atoms with Gasteiger partial charge >= 0.3 is 0 Å². The minimum Gasteiger partial charge on any atom is -0.489 e. The average Bonchev–Trinajstić information content (AvgIpc) is 2.35. The number of aryl methyl sites for hydroxylation is 1. The molecule has 1 fully saturated rings. The molecule has 2 heteroatoms. The van der Waals surface area contributed by atoms with Crippen LogP contribution in [0.4, 0.5) is 0 Å². The molecule has 1 nitrogen and oxygen atoms in total. The van der Waals surface area contributed by atoms with Gasteiger partial charge in [0, 0.05) is 0 Å². The van der Waals surface area contributed by atoms with Crippen LogP contribution in [-0.2, 0) is 0 Å². The molecular weight excluding hydrogens is 232 g/mol. The Bertz CT molecular complexity index is 367. The second kappa shape index (κ2) is 5.77. The van der Waals surface area contributed by atoms with Crippen LogP contribution < -0.4 is 4.74 Å². The molecule has 0 N–H and O–H groups in total. The van der Waals surface area contributed by atoms with Gasteiger partial charge in [0.15, 0.2) is 0 Å². The van der Waals surface area contributed by atoms with E-state index in [0.29, 0.717) is 6.10 Å². The Morgan fingerprint density at radius 3 is 2.59 bits per heavy atom. The molecular formula is C15H21ClO. The summed E-state index contributed by atoms with van der Waals surface area (Å²) in [6, 6.07) is 5.97. The molecule has 0 atom stereocenters. The van der Waals surface area contributed by atoms with Gasteiger partial charge < -0.3 is 4.74 Å². The fourth-order valence-corrected chi connectivity index (χ4v) is 2.70. The summed E-state index contributed by atoms with van der Waals surface area (Å²) in [4.78, 5) is 0. The lowest BCUT2D eigenvalue weighted by Gasteiger charge is -2.28. The first-order valence-electron chi connectivity index (χ1n) is 6.62. The van der Waals surface area contributed by atoms with E-state index in [1.165, 1.54) is 37.7 Å². The maximum absolute atomic E-state index is 6.15. The maximum atomic E-state index is 6.15. The highest BCUT2D eigenvalue weighted by molar-refractivity contribution is 6.32. The Morgan fingerprint density at radius 2 is 1.94 bits per heavy atom. The first-order valence-corrected chi connectivity index (χ1v) is 6.99. The SMILES string of the molecule is CCC1CCC(Oc2cc(C)ccc2Cl)CC1. The first-order chi connectivity index (χ1) is 8.19. The van der Waals surface area contributed by atoms with E-state index in [-0.39, 0.29) is 0 Å². The van der Waals surface area contributed by atoms with Crippen LogP contribution in [0.5, 0.6) is 5.75 Å². The lowest BCUT2D eigenvalue weighted by Crippen LogP contribution is -2.24. The number of benzene rings is 1. The third kappa shape index (κ3) is 3.38. The van der Waals surface area contributed by atoms with E-state index in [4.69, 9.17) is 16.3 Å². The van der Waals surface area contributed by atoms with Crippen molar-refractivity contribution in [3.63, 3.8) is 0 Å². The number of ether oxygens (including phenoxy) is 1. The van der Waals surface area contributed by atoms with Crippen molar-refractivity contribution in [3.8, 4) is 5.75 Å². The summed E-state index contributed by atoms with van der Waals surface area (Å²) >= 11 is 6.15. The molecule has 0 aliphatic heterocycles. The highest BCUT2D eigenvalue weighted by Gasteiger charge is 2.21. The predicted molar refractivity (Wildman–Crippen MR) is 72.9 cm³/mol. The smallest absolute Gasteiger partial charge is 0.138 e. The molecule has 0 spiro atoms. The summed E-state index contributed by atoms with van der Waals surface area (Å²) in [6.45, 7) is 4.35. The van der Waals surface area contributed by atoms with E-state index in [1.54, 1.807) is 0 Å². The van der Waals surface area contributed by atoms with Crippen molar-refractivity contribution in [2.45, 2.75) is 52.1 Å². The summed E-state index contributed by atoms with van der Waals surface area (Å²) < 4.78 is 6.03. The van der Waals surface area contributed by atoms with Gasteiger partial charge in [0.25, 0.3) is 0 Å². The molecule has 0 aromatic heterocycles.